The molecule has 144 valence electrons. The van der Waals surface area contributed by atoms with Gasteiger partial charge in [-0.2, -0.15) is 0 Å². The highest BCUT2D eigenvalue weighted by Gasteiger charge is 2.30. The van der Waals surface area contributed by atoms with Gasteiger partial charge in [0.1, 0.15) is 18.2 Å². The Hall–Kier alpha value is -3.13. The summed E-state index contributed by atoms with van der Waals surface area (Å²) >= 11 is 1.37. The van der Waals surface area contributed by atoms with Gasteiger partial charge in [-0.25, -0.2) is 9.37 Å². The van der Waals surface area contributed by atoms with Crippen LogP contribution in [0.15, 0.2) is 42.5 Å². The molecule has 8 heteroatoms. The molecule has 0 spiro atoms. The van der Waals surface area contributed by atoms with Gasteiger partial charge in [-0.05, 0) is 35.4 Å². The van der Waals surface area contributed by atoms with Crippen molar-refractivity contribution in [3.05, 3.63) is 64.3 Å². The van der Waals surface area contributed by atoms with Crippen LogP contribution in [0.4, 0.5) is 15.3 Å². The molecule has 3 N–H and O–H groups in total. The number of ether oxygens (including phenoxy) is 2. The zero-order valence-electron chi connectivity index (χ0n) is 15.1. The van der Waals surface area contributed by atoms with Crippen LogP contribution >= 0.6 is 11.3 Å². The van der Waals surface area contributed by atoms with Crippen LogP contribution in [0.1, 0.15) is 28.3 Å². The zero-order valence-corrected chi connectivity index (χ0v) is 15.9. The molecule has 0 saturated heterocycles. The second-order valence-corrected chi connectivity index (χ2v) is 7.46. The van der Waals surface area contributed by atoms with Crippen LogP contribution < -0.4 is 20.5 Å². The first-order valence-corrected chi connectivity index (χ1v) is 9.46. The number of thiazole rings is 1. The van der Waals surface area contributed by atoms with Crippen LogP contribution in [0.3, 0.4) is 0 Å². The van der Waals surface area contributed by atoms with E-state index in [0.29, 0.717) is 28.9 Å². The van der Waals surface area contributed by atoms with Crippen molar-refractivity contribution in [2.45, 2.75) is 18.9 Å². The summed E-state index contributed by atoms with van der Waals surface area (Å²) in [6.07, 6.45) is 0.307. The Kier molecular flexibility index (Phi) is 4.87. The highest BCUT2D eigenvalue weighted by molar-refractivity contribution is 7.16. The van der Waals surface area contributed by atoms with E-state index in [-0.39, 0.29) is 24.2 Å². The second kappa shape index (κ2) is 7.47. The number of carbonyl (C=O) groups is 1. The van der Waals surface area contributed by atoms with E-state index in [0.717, 1.165) is 16.0 Å². The summed E-state index contributed by atoms with van der Waals surface area (Å²) in [5, 5.41) is 3.17. The van der Waals surface area contributed by atoms with Gasteiger partial charge in [0.15, 0.2) is 16.6 Å². The van der Waals surface area contributed by atoms with Crippen molar-refractivity contribution in [3.63, 3.8) is 0 Å². The van der Waals surface area contributed by atoms with E-state index in [4.69, 9.17) is 15.2 Å². The third kappa shape index (κ3) is 3.63. The SMILES string of the molecule is COc1cc([C@@H]2CC(=O)Nc3nc(N)sc32)ccc1OCc1cccc(F)c1. The number of benzene rings is 2. The highest BCUT2D eigenvalue weighted by Crippen LogP contribution is 2.43. The van der Waals surface area contributed by atoms with Crippen molar-refractivity contribution >= 4 is 28.2 Å². The molecule has 6 nitrogen and oxygen atoms in total. The number of nitrogens with one attached hydrogen (secondary N) is 1. The Morgan fingerprint density at radius 2 is 2.14 bits per heavy atom. The minimum atomic E-state index is -0.307. The number of carbonyl (C=O) groups excluding carboxylic acids is 1. The number of methoxy groups -OCH3 is 1. The molecule has 0 aliphatic carbocycles. The Morgan fingerprint density at radius 1 is 1.29 bits per heavy atom. The largest absolute Gasteiger partial charge is 0.493 e. The molecule has 1 aliphatic heterocycles. The maximum atomic E-state index is 13.3. The van der Waals surface area contributed by atoms with E-state index >= 15 is 0 Å². The number of aromatic nitrogens is 1. The summed E-state index contributed by atoms with van der Waals surface area (Å²) < 4.78 is 24.6. The van der Waals surface area contributed by atoms with E-state index in [1.165, 1.54) is 23.5 Å². The number of nitrogen functional groups attached to an aromatic ring is 1. The monoisotopic (exact) mass is 399 g/mol. The molecule has 0 radical (unpaired) electrons. The molecule has 0 bridgehead atoms. The minimum absolute atomic E-state index is 0.104. The summed E-state index contributed by atoms with van der Waals surface area (Å²) in [7, 11) is 1.55. The highest BCUT2D eigenvalue weighted by atomic mass is 32.1. The molecule has 1 atom stereocenters. The third-order valence-corrected chi connectivity index (χ3v) is 5.51. The van der Waals surface area contributed by atoms with Gasteiger partial charge in [-0.3, -0.25) is 4.79 Å². The predicted octanol–water partition coefficient (Wildman–Crippen LogP) is 3.93. The lowest BCUT2D eigenvalue weighted by Gasteiger charge is -2.22. The average Bonchev–Trinajstić information content (AvgIpc) is 3.05. The van der Waals surface area contributed by atoms with Crippen molar-refractivity contribution in [1.82, 2.24) is 4.98 Å². The number of fused-ring (bicyclic) bond motifs is 1. The molecule has 2 heterocycles. The van der Waals surface area contributed by atoms with Crippen molar-refractivity contribution < 1.29 is 18.7 Å². The van der Waals surface area contributed by atoms with Crippen LogP contribution in [0, 0.1) is 5.82 Å². The van der Waals surface area contributed by atoms with Gasteiger partial charge in [0, 0.05) is 12.3 Å². The summed E-state index contributed by atoms with van der Waals surface area (Å²) in [5.41, 5.74) is 7.45. The normalized spacial score (nSPS) is 15.6. The number of halogens is 1. The van der Waals surface area contributed by atoms with Crippen molar-refractivity contribution in [2.75, 3.05) is 18.2 Å². The number of anilines is 2. The number of rotatable bonds is 5. The summed E-state index contributed by atoms with van der Waals surface area (Å²) in [6.45, 7) is 0.217. The van der Waals surface area contributed by atoms with E-state index in [1.54, 1.807) is 25.3 Å². The molecule has 1 aliphatic rings. The number of amides is 1. The van der Waals surface area contributed by atoms with Crippen LogP contribution in [0.5, 0.6) is 11.5 Å². The fourth-order valence-corrected chi connectivity index (χ4v) is 4.13. The fourth-order valence-electron chi connectivity index (χ4n) is 3.21. The molecule has 0 saturated carbocycles. The Bertz CT molecular complexity index is 1040. The van der Waals surface area contributed by atoms with Gasteiger partial charge in [0.25, 0.3) is 0 Å². The number of nitrogens with zero attached hydrogens (tertiary/aromatic N) is 1. The lowest BCUT2D eigenvalue weighted by molar-refractivity contribution is -0.116. The smallest absolute Gasteiger partial charge is 0.226 e. The van der Waals surface area contributed by atoms with Gasteiger partial charge >= 0.3 is 0 Å². The fraction of sp³-hybridized carbons (Fsp3) is 0.200. The minimum Gasteiger partial charge on any atom is -0.493 e. The Morgan fingerprint density at radius 3 is 2.93 bits per heavy atom. The van der Waals surface area contributed by atoms with Gasteiger partial charge < -0.3 is 20.5 Å². The van der Waals surface area contributed by atoms with E-state index < -0.39 is 0 Å². The molecule has 28 heavy (non-hydrogen) atoms. The van der Waals surface area contributed by atoms with Gasteiger partial charge in [0.2, 0.25) is 5.91 Å². The number of hydrogen-bond acceptors (Lipinski definition) is 6. The lowest BCUT2D eigenvalue weighted by atomic mass is 9.91. The van der Waals surface area contributed by atoms with Crippen LogP contribution in [0.2, 0.25) is 0 Å². The summed E-state index contributed by atoms with van der Waals surface area (Å²) in [4.78, 5) is 17.2. The topological polar surface area (TPSA) is 86.5 Å². The number of nitrogens with two attached hydrogens (primary N) is 1. The van der Waals surface area contributed by atoms with Crippen LogP contribution in [0.25, 0.3) is 0 Å². The van der Waals surface area contributed by atoms with E-state index in [2.05, 4.69) is 10.3 Å². The van der Waals surface area contributed by atoms with Crippen molar-refractivity contribution in [1.29, 1.82) is 0 Å². The Labute approximate surface area is 165 Å². The molecule has 1 amide bonds. The maximum Gasteiger partial charge on any atom is 0.226 e. The molecule has 0 unspecified atom stereocenters. The second-order valence-electron chi connectivity index (χ2n) is 6.40. The molecule has 0 fully saturated rings. The van der Waals surface area contributed by atoms with Crippen LogP contribution in [-0.4, -0.2) is 18.0 Å². The van der Waals surface area contributed by atoms with Gasteiger partial charge in [-0.1, -0.05) is 29.5 Å². The molecular formula is C20H18FN3O3S. The third-order valence-electron chi connectivity index (χ3n) is 4.51. The lowest BCUT2D eigenvalue weighted by Crippen LogP contribution is -2.22. The quantitative estimate of drug-likeness (QED) is 0.679. The van der Waals surface area contributed by atoms with E-state index in [1.807, 2.05) is 12.1 Å². The van der Waals surface area contributed by atoms with Gasteiger partial charge in [0.05, 0.1) is 12.0 Å². The first-order valence-electron chi connectivity index (χ1n) is 8.64. The zero-order chi connectivity index (χ0) is 19.7. The standard InChI is InChI=1S/C20H18FN3O3S/c1-26-16-8-12(14-9-17(25)23-19-18(14)28-20(22)24-19)5-6-15(16)27-10-11-3-2-4-13(21)7-11/h2-8,14H,9-10H2,1H3,(H2,22,24)(H,23,25)/t14-/m0/s1. The van der Waals surface area contributed by atoms with Crippen molar-refractivity contribution in [2.24, 2.45) is 0 Å². The summed E-state index contributed by atoms with van der Waals surface area (Å²) in [5.74, 6) is 1.05. The van der Waals surface area contributed by atoms with Crippen LogP contribution in [-0.2, 0) is 11.4 Å². The first-order chi connectivity index (χ1) is 13.5. The Balaban J connectivity index is 1.59. The summed E-state index contributed by atoms with van der Waals surface area (Å²) in [6, 6.07) is 11.8. The molecule has 4 rings (SSSR count). The van der Waals surface area contributed by atoms with Crippen molar-refractivity contribution in [3.8, 4) is 11.5 Å². The maximum absolute atomic E-state index is 13.3. The van der Waals surface area contributed by atoms with Gasteiger partial charge in [-0.15, -0.1) is 0 Å². The molecule has 3 aromatic rings. The first kappa shape index (κ1) is 18.2. The molecule has 2 aromatic carbocycles. The average molecular weight is 399 g/mol. The molecular weight excluding hydrogens is 381 g/mol. The van der Waals surface area contributed by atoms with E-state index in [9.17, 15) is 9.18 Å². The molecule has 1 aromatic heterocycles. The predicted molar refractivity (Wildman–Crippen MR) is 105 cm³/mol. The number of hydrogen-bond donors (Lipinski definition) is 2.